The number of nitrogens with zero attached hydrogens (tertiary/aromatic N) is 4. The Labute approximate surface area is 194 Å². The fraction of sp³-hybridized carbons (Fsp3) is 0.458. The Bertz CT molecular complexity index is 926. The van der Waals surface area contributed by atoms with Gasteiger partial charge in [0.2, 0.25) is 5.91 Å². The van der Waals surface area contributed by atoms with E-state index in [0.717, 1.165) is 50.4 Å². The van der Waals surface area contributed by atoms with E-state index >= 15 is 0 Å². The molecule has 1 N–H and O–H groups in total. The summed E-state index contributed by atoms with van der Waals surface area (Å²) in [6.07, 6.45) is 3.45. The number of benzene rings is 1. The van der Waals surface area contributed by atoms with E-state index in [9.17, 15) is 9.59 Å². The summed E-state index contributed by atoms with van der Waals surface area (Å²) < 4.78 is 0. The Balaban J connectivity index is 1.28. The maximum Gasteiger partial charge on any atom is 0.253 e. The zero-order valence-corrected chi connectivity index (χ0v) is 19.2. The van der Waals surface area contributed by atoms with E-state index in [4.69, 9.17) is 11.6 Å². The molecular weight excluding hydrogens is 426 g/mol. The minimum atomic E-state index is -0.197. The number of hydrogen-bond acceptors (Lipinski definition) is 5. The molecule has 2 aliphatic heterocycles. The van der Waals surface area contributed by atoms with Crippen LogP contribution >= 0.6 is 11.6 Å². The third-order valence-electron chi connectivity index (χ3n) is 6.27. The van der Waals surface area contributed by atoms with Crippen LogP contribution in [-0.4, -0.2) is 72.9 Å². The van der Waals surface area contributed by atoms with Gasteiger partial charge in [-0.15, -0.1) is 0 Å². The van der Waals surface area contributed by atoms with Crippen molar-refractivity contribution in [2.45, 2.75) is 19.4 Å². The Morgan fingerprint density at radius 1 is 1.06 bits per heavy atom. The van der Waals surface area contributed by atoms with Crippen molar-refractivity contribution in [1.29, 1.82) is 0 Å². The lowest BCUT2D eigenvalue weighted by atomic mass is 9.96. The second kappa shape index (κ2) is 10.3. The summed E-state index contributed by atoms with van der Waals surface area (Å²) >= 11 is 5.92. The molecule has 2 amide bonds. The molecule has 4 rings (SSSR count). The first kappa shape index (κ1) is 22.6. The van der Waals surface area contributed by atoms with Gasteiger partial charge < -0.3 is 20.0 Å². The molecule has 0 aliphatic carbocycles. The van der Waals surface area contributed by atoms with Crippen molar-refractivity contribution in [2.24, 2.45) is 5.92 Å². The number of piperazine rings is 1. The lowest BCUT2D eigenvalue weighted by Gasteiger charge is -2.33. The molecule has 2 fully saturated rings. The number of rotatable bonds is 5. The number of amides is 2. The van der Waals surface area contributed by atoms with E-state index in [2.05, 4.69) is 27.1 Å². The summed E-state index contributed by atoms with van der Waals surface area (Å²) in [5.74, 6) is 0.721. The van der Waals surface area contributed by atoms with Gasteiger partial charge in [0.1, 0.15) is 5.82 Å². The predicted octanol–water partition coefficient (Wildman–Crippen LogP) is 2.66. The third-order valence-corrected chi connectivity index (χ3v) is 6.53. The lowest BCUT2D eigenvalue weighted by molar-refractivity contribution is -0.126. The molecule has 0 bridgehead atoms. The van der Waals surface area contributed by atoms with Gasteiger partial charge >= 0.3 is 0 Å². The number of piperidine rings is 1. The van der Waals surface area contributed by atoms with Gasteiger partial charge in [0.15, 0.2) is 0 Å². The highest BCUT2D eigenvalue weighted by molar-refractivity contribution is 6.30. The number of likely N-dealkylation sites (N-methyl/N-ethyl adjacent to an activating group) is 1. The van der Waals surface area contributed by atoms with Crippen LogP contribution in [0.5, 0.6) is 0 Å². The molecule has 1 unspecified atom stereocenters. The highest BCUT2D eigenvalue weighted by Crippen LogP contribution is 2.20. The fourth-order valence-corrected chi connectivity index (χ4v) is 4.35. The average molecular weight is 456 g/mol. The van der Waals surface area contributed by atoms with Crippen LogP contribution in [-0.2, 0) is 11.3 Å². The number of hydrogen-bond donors (Lipinski definition) is 1. The van der Waals surface area contributed by atoms with E-state index in [1.54, 1.807) is 29.2 Å². The summed E-state index contributed by atoms with van der Waals surface area (Å²) in [7, 11) is 2.13. The first-order valence-corrected chi connectivity index (χ1v) is 11.6. The second-order valence-electron chi connectivity index (χ2n) is 8.63. The number of nitrogens with one attached hydrogen (secondary N) is 1. The molecule has 0 saturated carbocycles. The summed E-state index contributed by atoms with van der Waals surface area (Å²) in [5, 5.41) is 3.63. The number of anilines is 1. The molecule has 8 heteroatoms. The Morgan fingerprint density at radius 3 is 2.50 bits per heavy atom. The number of aromatic nitrogens is 1. The summed E-state index contributed by atoms with van der Waals surface area (Å²) in [6, 6.07) is 10.9. The average Bonchev–Trinajstić information content (AvgIpc) is 2.83. The molecule has 0 radical (unpaired) electrons. The van der Waals surface area contributed by atoms with Crippen LogP contribution in [0.15, 0.2) is 42.6 Å². The summed E-state index contributed by atoms with van der Waals surface area (Å²) in [4.78, 5) is 36.5. The number of pyridine rings is 1. The third kappa shape index (κ3) is 5.58. The molecule has 2 aliphatic rings. The standard InChI is InChI=1S/C24H30ClN5O2/c1-28-11-13-29(14-12-28)22-9-4-18(15-26-22)16-27-23(31)20-3-2-10-30(17-20)24(32)19-5-7-21(25)8-6-19/h4-9,15,20H,2-3,10-14,16-17H2,1H3,(H,27,31). The first-order chi connectivity index (χ1) is 15.5. The lowest BCUT2D eigenvalue weighted by Crippen LogP contribution is -2.45. The zero-order valence-electron chi connectivity index (χ0n) is 18.5. The largest absolute Gasteiger partial charge is 0.354 e. The van der Waals surface area contributed by atoms with Gasteiger partial charge in [-0.25, -0.2) is 4.98 Å². The van der Waals surface area contributed by atoms with Crippen molar-refractivity contribution >= 4 is 29.2 Å². The maximum absolute atomic E-state index is 12.8. The van der Waals surface area contributed by atoms with Crippen molar-refractivity contribution < 1.29 is 9.59 Å². The molecule has 0 spiro atoms. The van der Waals surface area contributed by atoms with Crippen LogP contribution in [0, 0.1) is 5.92 Å². The molecule has 3 heterocycles. The van der Waals surface area contributed by atoms with E-state index in [1.807, 2.05) is 18.3 Å². The summed E-state index contributed by atoms with van der Waals surface area (Å²) in [5.41, 5.74) is 1.57. The van der Waals surface area contributed by atoms with Gasteiger partial charge in [-0.2, -0.15) is 0 Å². The van der Waals surface area contributed by atoms with Crippen molar-refractivity contribution in [3.05, 3.63) is 58.7 Å². The predicted molar refractivity (Wildman–Crippen MR) is 126 cm³/mol. The first-order valence-electron chi connectivity index (χ1n) is 11.2. The van der Waals surface area contributed by atoms with Gasteiger partial charge in [-0.1, -0.05) is 17.7 Å². The zero-order chi connectivity index (χ0) is 22.5. The molecule has 32 heavy (non-hydrogen) atoms. The van der Waals surface area contributed by atoms with Gasteiger partial charge in [0, 0.05) is 62.6 Å². The van der Waals surface area contributed by atoms with Crippen LogP contribution < -0.4 is 10.2 Å². The highest BCUT2D eigenvalue weighted by Gasteiger charge is 2.28. The van der Waals surface area contributed by atoms with Gasteiger partial charge in [0.25, 0.3) is 5.91 Å². The molecule has 1 atom stereocenters. The quantitative estimate of drug-likeness (QED) is 0.750. The second-order valence-corrected chi connectivity index (χ2v) is 9.07. The van der Waals surface area contributed by atoms with E-state index in [0.29, 0.717) is 30.2 Å². The van der Waals surface area contributed by atoms with Gasteiger partial charge in [-0.05, 0) is 55.8 Å². The van der Waals surface area contributed by atoms with Crippen LogP contribution in [0.25, 0.3) is 0 Å². The Morgan fingerprint density at radius 2 is 1.81 bits per heavy atom. The van der Waals surface area contributed by atoms with Crippen LogP contribution in [0.4, 0.5) is 5.82 Å². The molecule has 1 aromatic carbocycles. The minimum Gasteiger partial charge on any atom is -0.354 e. The number of carbonyl (C=O) groups excluding carboxylic acids is 2. The topological polar surface area (TPSA) is 68.8 Å². The van der Waals surface area contributed by atoms with Gasteiger partial charge in [0.05, 0.1) is 5.92 Å². The van der Waals surface area contributed by atoms with Crippen molar-refractivity contribution in [1.82, 2.24) is 20.1 Å². The molecule has 170 valence electrons. The maximum atomic E-state index is 12.8. The van der Waals surface area contributed by atoms with Crippen LogP contribution in [0.1, 0.15) is 28.8 Å². The molecule has 1 aromatic heterocycles. The van der Waals surface area contributed by atoms with E-state index < -0.39 is 0 Å². The normalized spacial score (nSPS) is 19.6. The molecule has 7 nitrogen and oxygen atoms in total. The van der Waals surface area contributed by atoms with E-state index in [1.165, 1.54) is 0 Å². The number of halogens is 1. The van der Waals surface area contributed by atoms with E-state index in [-0.39, 0.29) is 17.7 Å². The smallest absolute Gasteiger partial charge is 0.253 e. The SMILES string of the molecule is CN1CCN(c2ccc(CNC(=O)C3CCCN(C(=O)c4ccc(Cl)cc4)C3)cn2)CC1. The molecule has 2 aromatic rings. The Hall–Kier alpha value is -2.64. The highest BCUT2D eigenvalue weighted by atomic mass is 35.5. The van der Waals surface area contributed by atoms with Crippen molar-refractivity contribution in [3.8, 4) is 0 Å². The minimum absolute atomic E-state index is 0.0123. The molecule has 2 saturated heterocycles. The van der Waals surface area contributed by atoms with Gasteiger partial charge in [-0.3, -0.25) is 9.59 Å². The van der Waals surface area contributed by atoms with Crippen LogP contribution in [0.2, 0.25) is 5.02 Å². The number of carbonyl (C=O) groups is 2. The van der Waals surface area contributed by atoms with Crippen molar-refractivity contribution in [3.63, 3.8) is 0 Å². The molecular formula is C24H30ClN5O2. The Kier molecular flexibility index (Phi) is 7.27. The monoisotopic (exact) mass is 455 g/mol. The summed E-state index contributed by atoms with van der Waals surface area (Å²) in [6.45, 7) is 5.59. The number of likely N-dealkylation sites (tertiary alicyclic amines) is 1. The fourth-order valence-electron chi connectivity index (χ4n) is 4.23. The van der Waals surface area contributed by atoms with Crippen LogP contribution in [0.3, 0.4) is 0 Å². The van der Waals surface area contributed by atoms with Crippen molar-refractivity contribution in [2.75, 3.05) is 51.2 Å².